The minimum atomic E-state index is -1.72. The number of aliphatic hydroxyl groups excluding tert-OH is 5. The molecule has 0 unspecified atom stereocenters. The molecule has 0 radical (unpaired) electrons. The minimum Gasteiger partial charge on any atom is -0.479 e. The lowest BCUT2D eigenvalue weighted by Gasteiger charge is -2.48. The van der Waals surface area contributed by atoms with Crippen LogP contribution in [0.3, 0.4) is 0 Å². The van der Waals surface area contributed by atoms with E-state index in [0.29, 0.717) is 0 Å². The van der Waals surface area contributed by atoms with Crippen LogP contribution in [0.1, 0.15) is 20.8 Å². The van der Waals surface area contributed by atoms with E-state index < -0.39 is 98.4 Å². The van der Waals surface area contributed by atoms with Crippen molar-refractivity contribution in [1.82, 2.24) is 10.6 Å². The molecular formula is C19H32N2O13. The molecule has 2 aliphatic rings. The van der Waals surface area contributed by atoms with E-state index in [1.807, 2.05) is 0 Å². The maximum atomic E-state index is 11.7. The molecule has 2 aliphatic heterocycles. The van der Waals surface area contributed by atoms with E-state index in [0.717, 1.165) is 13.8 Å². The van der Waals surface area contributed by atoms with Crippen LogP contribution >= 0.6 is 0 Å². The number of hydrogen-bond donors (Lipinski definition) is 8. The molecule has 2 rings (SSSR count). The van der Waals surface area contributed by atoms with Gasteiger partial charge >= 0.3 is 5.97 Å². The molecule has 0 aromatic heterocycles. The smallest absolute Gasteiger partial charge is 0.332 e. The van der Waals surface area contributed by atoms with Crippen molar-refractivity contribution < 1.29 is 64.0 Å². The number of hydrogen-bond acceptors (Lipinski definition) is 12. The first-order valence-electron chi connectivity index (χ1n) is 10.6. The first kappa shape index (κ1) is 28.3. The van der Waals surface area contributed by atoms with E-state index in [1.165, 1.54) is 6.92 Å². The fraction of sp³-hybridized carbons (Fsp3) is 0.842. The maximum absolute atomic E-state index is 11.7. The van der Waals surface area contributed by atoms with Gasteiger partial charge in [-0.1, -0.05) is 0 Å². The SMILES string of the molecule is CC(=O)N[C@@H]1[C@@H](O[C@@H](C)C(=O)O)[C@H](O[C@@H]2O[C@H](CO)[C@@H](O)[C@H](O)[C@H]2NC(C)=O)[C@@H](CO)O[C@H]1O. The Bertz CT molecular complexity index is 724. The van der Waals surface area contributed by atoms with Crippen molar-refractivity contribution in [2.75, 3.05) is 13.2 Å². The van der Waals surface area contributed by atoms with E-state index >= 15 is 0 Å². The first-order valence-corrected chi connectivity index (χ1v) is 10.6. The minimum absolute atomic E-state index is 0.616. The van der Waals surface area contributed by atoms with Gasteiger partial charge in [-0.15, -0.1) is 0 Å². The number of carboxylic acids is 1. The third-order valence-corrected chi connectivity index (χ3v) is 5.47. The zero-order chi connectivity index (χ0) is 25.7. The Morgan fingerprint density at radius 3 is 1.94 bits per heavy atom. The number of ether oxygens (including phenoxy) is 4. The standard InChI is InChI=1S/C19H32N2O13/c1-6(17(28)29)31-16-12(21-8(3)25)18(30)32-10(5-23)15(16)34-19-11(20-7(2)24)14(27)13(26)9(4-22)33-19/h6,9-16,18-19,22-23,26-27,30H,4-5H2,1-3H3,(H,20,24)(H,21,25)(H,28,29)/t6-,9+,10+,11+,12+,13+,14+,15+,16+,18+,19-/m0/s1. The van der Waals surface area contributed by atoms with Gasteiger partial charge in [-0.05, 0) is 6.92 Å². The number of carbonyl (C=O) groups is 3. The molecule has 0 bridgehead atoms. The second kappa shape index (κ2) is 12.1. The Hall–Kier alpha value is -1.95. The highest BCUT2D eigenvalue weighted by Crippen LogP contribution is 2.30. The predicted molar refractivity (Wildman–Crippen MR) is 108 cm³/mol. The molecule has 2 fully saturated rings. The van der Waals surface area contributed by atoms with E-state index in [4.69, 9.17) is 18.9 Å². The maximum Gasteiger partial charge on any atom is 0.332 e. The van der Waals surface area contributed by atoms with Gasteiger partial charge in [0.05, 0.1) is 13.2 Å². The van der Waals surface area contributed by atoms with Gasteiger partial charge in [-0.25, -0.2) is 4.79 Å². The van der Waals surface area contributed by atoms with Crippen molar-refractivity contribution in [2.45, 2.75) is 88.2 Å². The summed E-state index contributed by atoms with van der Waals surface area (Å²) < 4.78 is 22.3. The summed E-state index contributed by atoms with van der Waals surface area (Å²) in [5.41, 5.74) is 0. The van der Waals surface area contributed by atoms with Crippen molar-refractivity contribution >= 4 is 17.8 Å². The topological polar surface area (TPSA) is 234 Å². The largest absolute Gasteiger partial charge is 0.479 e. The van der Waals surface area contributed by atoms with E-state index in [1.54, 1.807) is 0 Å². The van der Waals surface area contributed by atoms with Crippen molar-refractivity contribution in [1.29, 1.82) is 0 Å². The highest BCUT2D eigenvalue weighted by molar-refractivity contribution is 5.74. The molecule has 34 heavy (non-hydrogen) atoms. The first-order chi connectivity index (χ1) is 15.9. The van der Waals surface area contributed by atoms with Crippen molar-refractivity contribution in [3.05, 3.63) is 0 Å². The molecule has 0 saturated carbocycles. The van der Waals surface area contributed by atoms with Crippen LogP contribution < -0.4 is 10.6 Å². The molecule has 11 atom stereocenters. The van der Waals surface area contributed by atoms with Crippen LogP contribution in [-0.2, 0) is 33.3 Å². The van der Waals surface area contributed by atoms with E-state index in [2.05, 4.69) is 10.6 Å². The predicted octanol–water partition coefficient (Wildman–Crippen LogP) is -4.61. The van der Waals surface area contributed by atoms with Crippen LogP contribution in [0, 0.1) is 0 Å². The lowest BCUT2D eigenvalue weighted by atomic mass is 9.94. The molecule has 2 heterocycles. The third-order valence-electron chi connectivity index (χ3n) is 5.47. The molecule has 15 nitrogen and oxygen atoms in total. The zero-order valence-electron chi connectivity index (χ0n) is 18.8. The van der Waals surface area contributed by atoms with Gasteiger partial charge in [0.1, 0.15) is 48.7 Å². The monoisotopic (exact) mass is 496 g/mol. The highest BCUT2D eigenvalue weighted by atomic mass is 16.7. The summed E-state index contributed by atoms with van der Waals surface area (Å²) in [6.07, 6.45) is -13.5. The molecular weight excluding hydrogens is 464 g/mol. The number of rotatable bonds is 9. The number of amides is 2. The van der Waals surface area contributed by atoms with Crippen LogP contribution in [0.15, 0.2) is 0 Å². The van der Waals surface area contributed by atoms with Gasteiger partial charge in [-0.3, -0.25) is 9.59 Å². The Balaban J connectivity index is 2.44. The molecule has 0 spiro atoms. The second-order valence-corrected chi connectivity index (χ2v) is 8.09. The summed E-state index contributed by atoms with van der Waals surface area (Å²) >= 11 is 0. The van der Waals surface area contributed by atoms with Gasteiger partial charge < -0.3 is 60.2 Å². The van der Waals surface area contributed by atoms with E-state index in [-0.39, 0.29) is 0 Å². The zero-order valence-corrected chi connectivity index (χ0v) is 18.8. The summed E-state index contributed by atoms with van der Waals surface area (Å²) in [7, 11) is 0. The quantitative estimate of drug-likeness (QED) is 0.150. The average Bonchev–Trinajstić information content (AvgIpc) is 2.76. The molecule has 2 amide bonds. The Labute approximate surface area is 194 Å². The summed E-state index contributed by atoms with van der Waals surface area (Å²) in [5.74, 6) is -2.60. The summed E-state index contributed by atoms with van der Waals surface area (Å²) in [6.45, 7) is 2.00. The number of aliphatic carboxylic acids is 1. The third kappa shape index (κ3) is 6.59. The van der Waals surface area contributed by atoms with Crippen LogP contribution in [0.5, 0.6) is 0 Å². The number of nitrogens with one attached hydrogen (secondary N) is 2. The Kier molecular flexibility index (Phi) is 10.1. The van der Waals surface area contributed by atoms with E-state index in [9.17, 15) is 45.0 Å². The van der Waals surface area contributed by atoms with Gasteiger partial charge in [0, 0.05) is 13.8 Å². The summed E-state index contributed by atoms with van der Waals surface area (Å²) in [5, 5.41) is 64.4. The number of carboxylic acid groups (broad SMARTS) is 1. The van der Waals surface area contributed by atoms with Gasteiger partial charge in [-0.2, -0.15) is 0 Å². The summed E-state index contributed by atoms with van der Waals surface area (Å²) in [6, 6.07) is -2.71. The Morgan fingerprint density at radius 2 is 1.44 bits per heavy atom. The molecule has 2 saturated heterocycles. The normalized spacial score (nSPS) is 39.2. The molecule has 15 heteroatoms. The van der Waals surface area contributed by atoms with Crippen LogP contribution in [0.4, 0.5) is 0 Å². The van der Waals surface area contributed by atoms with Crippen LogP contribution in [-0.4, -0.2) is 129 Å². The number of carbonyl (C=O) groups excluding carboxylic acids is 2. The van der Waals surface area contributed by atoms with Gasteiger partial charge in [0.15, 0.2) is 18.7 Å². The lowest BCUT2D eigenvalue weighted by molar-refractivity contribution is -0.333. The van der Waals surface area contributed by atoms with Gasteiger partial charge in [0.25, 0.3) is 0 Å². The molecule has 0 aromatic rings. The lowest BCUT2D eigenvalue weighted by Crippen LogP contribution is -2.69. The molecule has 8 N–H and O–H groups in total. The van der Waals surface area contributed by atoms with Crippen molar-refractivity contribution in [3.8, 4) is 0 Å². The van der Waals surface area contributed by atoms with Crippen LogP contribution in [0.2, 0.25) is 0 Å². The summed E-state index contributed by atoms with van der Waals surface area (Å²) in [4.78, 5) is 34.8. The fourth-order valence-corrected chi connectivity index (χ4v) is 3.82. The van der Waals surface area contributed by atoms with Gasteiger partial charge in [0.2, 0.25) is 11.8 Å². The highest BCUT2D eigenvalue weighted by Gasteiger charge is 2.52. The van der Waals surface area contributed by atoms with Crippen LogP contribution in [0.25, 0.3) is 0 Å². The Morgan fingerprint density at radius 1 is 0.882 bits per heavy atom. The molecule has 0 aliphatic carbocycles. The molecule has 0 aromatic carbocycles. The van der Waals surface area contributed by atoms with Crippen molar-refractivity contribution in [2.24, 2.45) is 0 Å². The molecule has 196 valence electrons. The second-order valence-electron chi connectivity index (χ2n) is 8.09. The fourth-order valence-electron chi connectivity index (χ4n) is 3.82. The average molecular weight is 496 g/mol. The number of aliphatic hydroxyl groups is 5. The van der Waals surface area contributed by atoms with Crippen molar-refractivity contribution in [3.63, 3.8) is 0 Å².